The molecular weight excluding hydrogens is 392 g/mol. The van der Waals surface area contributed by atoms with Crippen molar-refractivity contribution in [3.05, 3.63) is 35.4 Å². The summed E-state index contributed by atoms with van der Waals surface area (Å²) in [6, 6.07) is 3.28. The Bertz CT molecular complexity index is 1050. The second-order valence-electron chi connectivity index (χ2n) is 6.12. The largest absolute Gasteiger partial charge is 0.504 e. The quantitative estimate of drug-likeness (QED) is 0.463. The Kier molecular flexibility index (Phi) is 7.13. The van der Waals surface area contributed by atoms with Crippen LogP contribution in [0.5, 0.6) is 11.5 Å². The summed E-state index contributed by atoms with van der Waals surface area (Å²) in [5, 5.41) is 27.4. The third kappa shape index (κ3) is 4.09. The number of nitrogens with one attached hydrogen (secondary N) is 2. The van der Waals surface area contributed by atoms with Crippen LogP contribution in [0.25, 0.3) is 10.9 Å². The molecule has 1 aromatic carbocycles. The van der Waals surface area contributed by atoms with Crippen molar-refractivity contribution in [3.8, 4) is 11.5 Å². The number of H-pyrrole nitrogens is 1. The topological polar surface area (TPSA) is 154 Å². The molecule has 11 nitrogen and oxygen atoms in total. The van der Waals surface area contributed by atoms with Gasteiger partial charge in [-0.1, -0.05) is 7.43 Å². The molecule has 0 aliphatic carbocycles. The third-order valence-electron chi connectivity index (χ3n) is 4.59. The molecule has 11 heteroatoms. The van der Waals surface area contributed by atoms with Crippen molar-refractivity contribution < 1.29 is 24.5 Å². The van der Waals surface area contributed by atoms with Gasteiger partial charge in [0.25, 0.3) is 12.4 Å². The molecule has 0 spiro atoms. The van der Waals surface area contributed by atoms with Gasteiger partial charge in [-0.3, -0.25) is 14.7 Å². The number of fused-ring (bicyclic) bond motifs is 2. The number of benzene rings is 1. The Balaban J connectivity index is 0.000000757. The van der Waals surface area contributed by atoms with Crippen LogP contribution in [0.15, 0.2) is 18.5 Å². The van der Waals surface area contributed by atoms with Gasteiger partial charge in [0, 0.05) is 49.3 Å². The van der Waals surface area contributed by atoms with Crippen LogP contribution in [0.4, 0.5) is 5.82 Å². The van der Waals surface area contributed by atoms with E-state index in [1.54, 1.807) is 19.2 Å². The van der Waals surface area contributed by atoms with E-state index in [4.69, 9.17) is 14.6 Å². The molecule has 1 amide bonds. The minimum Gasteiger partial charge on any atom is -0.504 e. The average Bonchev–Trinajstić information content (AvgIpc) is 3.16. The van der Waals surface area contributed by atoms with Gasteiger partial charge >= 0.3 is 0 Å². The number of amides is 1. The number of hydrogen-bond donors (Lipinski definition) is 4. The minimum atomic E-state index is -0.250. The van der Waals surface area contributed by atoms with Gasteiger partial charge in [0.15, 0.2) is 17.2 Å². The first-order chi connectivity index (χ1) is 14.0. The molecule has 160 valence electrons. The first-order valence-electron chi connectivity index (χ1n) is 8.66. The Morgan fingerprint density at radius 1 is 1.37 bits per heavy atom. The number of methoxy groups -OCH3 is 1. The van der Waals surface area contributed by atoms with Crippen molar-refractivity contribution in [2.45, 2.75) is 20.4 Å². The Hall–Kier alpha value is -3.89. The third-order valence-corrected chi connectivity index (χ3v) is 4.59. The van der Waals surface area contributed by atoms with Gasteiger partial charge in [0.05, 0.1) is 12.6 Å². The van der Waals surface area contributed by atoms with Gasteiger partial charge < -0.3 is 25.2 Å². The lowest BCUT2D eigenvalue weighted by molar-refractivity contribution is -0.122. The molecule has 0 saturated carbocycles. The van der Waals surface area contributed by atoms with Crippen molar-refractivity contribution in [3.63, 3.8) is 0 Å². The number of carboxylic acid groups (broad SMARTS) is 1. The molecule has 1 aliphatic heterocycles. The number of hydrogen-bond acceptors (Lipinski definition) is 8. The van der Waals surface area contributed by atoms with Crippen LogP contribution >= 0.6 is 0 Å². The molecule has 2 aromatic heterocycles. The fourth-order valence-electron chi connectivity index (χ4n) is 3.26. The van der Waals surface area contributed by atoms with E-state index in [1.165, 1.54) is 13.4 Å². The summed E-state index contributed by atoms with van der Waals surface area (Å²) < 4.78 is 5.21. The van der Waals surface area contributed by atoms with E-state index >= 15 is 0 Å². The predicted octanol–water partition coefficient (Wildman–Crippen LogP) is 1.33. The number of aromatic nitrogens is 4. The zero-order chi connectivity index (χ0) is 21.0. The second kappa shape index (κ2) is 9.54. The molecule has 30 heavy (non-hydrogen) atoms. The molecule has 4 N–H and O–H groups in total. The molecule has 4 rings (SSSR count). The maximum atomic E-state index is 12.0. The fourth-order valence-corrected chi connectivity index (χ4v) is 3.26. The van der Waals surface area contributed by atoms with E-state index in [0.29, 0.717) is 23.5 Å². The van der Waals surface area contributed by atoms with Crippen molar-refractivity contribution in [2.75, 3.05) is 25.6 Å². The van der Waals surface area contributed by atoms with Crippen LogP contribution < -0.4 is 15.0 Å². The maximum Gasteiger partial charge on any atom is 0.290 e. The molecule has 0 fully saturated rings. The maximum absolute atomic E-state index is 12.0. The van der Waals surface area contributed by atoms with Gasteiger partial charge in [0.2, 0.25) is 0 Å². The Morgan fingerprint density at radius 3 is 2.77 bits per heavy atom. The van der Waals surface area contributed by atoms with Gasteiger partial charge in [-0.05, 0) is 6.07 Å². The zero-order valence-corrected chi connectivity index (χ0v) is 15.8. The summed E-state index contributed by atoms with van der Waals surface area (Å²) >= 11 is 0. The van der Waals surface area contributed by atoms with Crippen LogP contribution in [-0.4, -0.2) is 63.5 Å². The SMILES string of the molecule is C.CNC(=O)c1n[nH]c2c1CN(c1ncnc3cc(O)c(OC)cc13)CC2.O=CO. The number of carbonyl (C=O) groups is 2. The number of ether oxygens (including phenoxy) is 1. The monoisotopic (exact) mass is 416 g/mol. The molecule has 0 unspecified atom stereocenters. The van der Waals surface area contributed by atoms with Crippen molar-refractivity contribution in [1.29, 1.82) is 0 Å². The number of aromatic amines is 1. The molecule has 0 saturated heterocycles. The predicted molar refractivity (Wildman–Crippen MR) is 110 cm³/mol. The molecular formula is C19H24N6O5. The molecule has 1 aliphatic rings. The molecule has 0 radical (unpaired) electrons. The van der Waals surface area contributed by atoms with Gasteiger partial charge in [-0.25, -0.2) is 9.97 Å². The highest BCUT2D eigenvalue weighted by molar-refractivity contribution is 5.95. The standard InChI is InChI=1S/C17H18N6O3.CH2O2.CH4/c1-18-17(25)15-10-7-23(4-3-11(10)21-22-15)16-9-5-14(26-2)13(24)6-12(9)19-8-20-16;2-1-3;/h5-6,8,24H,3-4,7H2,1-2H3,(H,18,25)(H,21,22);1H,(H,2,3);1H4. The van der Waals surface area contributed by atoms with Crippen LogP contribution in [0.3, 0.4) is 0 Å². The van der Waals surface area contributed by atoms with Crippen molar-refractivity contribution >= 4 is 29.1 Å². The number of nitrogens with zero attached hydrogens (tertiary/aromatic N) is 4. The van der Waals surface area contributed by atoms with Crippen molar-refractivity contribution in [1.82, 2.24) is 25.5 Å². The number of carbonyl (C=O) groups excluding carboxylic acids is 1. The Labute approximate surface area is 172 Å². The van der Waals surface area contributed by atoms with E-state index in [-0.39, 0.29) is 25.6 Å². The lowest BCUT2D eigenvalue weighted by Gasteiger charge is -2.28. The first kappa shape index (κ1) is 22.4. The highest BCUT2D eigenvalue weighted by atomic mass is 16.5. The van der Waals surface area contributed by atoms with Crippen LogP contribution in [-0.2, 0) is 17.8 Å². The summed E-state index contributed by atoms with van der Waals surface area (Å²) in [5.41, 5.74) is 2.86. The molecule has 0 bridgehead atoms. The highest BCUT2D eigenvalue weighted by Crippen LogP contribution is 2.35. The van der Waals surface area contributed by atoms with E-state index in [2.05, 4.69) is 30.4 Å². The number of rotatable bonds is 3. The fraction of sp³-hybridized carbons (Fsp3) is 0.316. The summed E-state index contributed by atoms with van der Waals surface area (Å²) in [6.45, 7) is 0.974. The number of phenols is 1. The van der Waals surface area contributed by atoms with E-state index < -0.39 is 0 Å². The number of phenolic OH excluding ortho intramolecular Hbond substituents is 1. The smallest absolute Gasteiger partial charge is 0.290 e. The second-order valence-corrected chi connectivity index (χ2v) is 6.12. The summed E-state index contributed by atoms with van der Waals surface area (Å²) in [6.07, 6.45) is 2.19. The highest BCUT2D eigenvalue weighted by Gasteiger charge is 2.26. The van der Waals surface area contributed by atoms with E-state index in [1.807, 2.05) is 0 Å². The van der Waals surface area contributed by atoms with Gasteiger partial charge in [0.1, 0.15) is 12.1 Å². The molecule has 0 atom stereocenters. The first-order valence-corrected chi connectivity index (χ1v) is 8.66. The number of anilines is 1. The van der Waals surface area contributed by atoms with Crippen LogP contribution in [0, 0.1) is 0 Å². The summed E-state index contributed by atoms with van der Waals surface area (Å²) in [4.78, 5) is 31.1. The van der Waals surface area contributed by atoms with Gasteiger partial charge in [-0.15, -0.1) is 0 Å². The molecule has 3 heterocycles. The number of aromatic hydroxyl groups is 1. The Morgan fingerprint density at radius 2 is 2.10 bits per heavy atom. The van der Waals surface area contributed by atoms with Gasteiger partial charge in [-0.2, -0.15) is 5.10 Å². The van der Waals surface area contributed by atoms with E-state index in [9.17, 15) is 9.90 Å². The normalized spacial score (nSPS) is 12.1. The lowest BCUT2D eigenvalue weighted by atomic mass is 10.0. The zero-order valence-electron chi connectivity index (χ0n) is 15.8. The van der Waals surface area contributed by atoms with Crippen LogP contribution in [0.1, 0.15) is 29.2 Å². The van der Waals surface area contributed by atoms with E-state index in [0.717, 1.165) is 35.4 Å². The summed E-state index contributed by atoms with van der Waals surface area (Å²) in [7, 11) is 3.08. The van der Waals surface area contributed by atoms with Crippen LogP contribution in [0.2, 0.25) is 0 Å². The average molecular weight is 416 g/mol. The van der Waals surface area contributed by atoms with Crippen molar-refractivity contribution in [2.24, 2.45) is 0 Å². The molecule has 3 aromatic rings. The minimum absolute atomic E-state index is 0. The lowest BCUT2D eigenvalue weighted by Crippen LogP contribution is -2.32. The summed E-state index contributed by atoms with van der Waals surface area (Å²) in [5.74, 6) is 0.898.